The van der Waals surface area contributed by atoms with E-state index in [1.54, 1.807) is 0 Å². The lowest BCUT2D eigenvalue weighted by atomic mass is 10.2. The first-order valence-corrected chi connectivity index (χ1v) is 11.3. The zero-order valence-corrected chi connectivity index (χ0v) is 16.5. The number of rotatable bonds is 5. The van der Waals surface area contributed by atoms with Crippen molar-refractivity contribution in [2.75, 3.05) is 0 Å². The van der Waals surface area contributed by atoms with E-state index in [0.717, 1.165) is 0 Å². The van der Waals surface area contributed by atoms with Gasteiger partial charge in [0.25, 0.3) is 0 Å². The van der Waals surface area contributed by atoms with Crippen molar-refractivity contribution in [1.29, 1.82) is 0 Å². The van der Waals surface area contributed by atoms with E-state index in [1.165, 1.54) is 21.5 Å². The average molecular weight is 367 g/mol. The standard InChI is InChI=1S/C26H24P/c1-22(23-14-6-2-7-15-23)27(24-16-8-3-9-17-24,25-18-10-4-11-19-25)26-20-12-5-13-21-26/h2-22H,1H3/q+1. The van der Waals surface area contributed by atoms with Crippen LogP contribution in [0, 0.1) is 0 Å². The molecule has 0 radical (unpaired) electrons. The van der Waals surface area contributed by atoms with Gasteiger partial charge in [0.1, 0.15) is 28.8 Å². The van der Waals surface area contributed by atoms with Gasteiger partial charge in [-0.3, -0.25) is 0 Å². The minimum Gasteiger partial charge on any atom is -0.0622 e. The fraction of sp³-hybridized carbons (Fsp3) is 0.0769. The molecule has 1 atom stereocenters. The summed E-state index contributed by atoms with van der Waals surface area (Å²) in [5.41, 5.74) is 1.77. The summed E-state index contributed by atoms with van der Waals surface area (Å²) in [5.74, 6) is 0. The van der Waals surface area contributed by atoms with Gasteiger partial charge >= 0.3 is 0 Å². The van der Waals surface area contributed by atoms with Crippen LogP contribution in [0.1, 0.15) is 18.1 Å². The van der Waals surface area contributed by atoms with Crippen molar-refractivity contribution in [2.45, 2.75) is 12.6 Å². The molecular formula is C26H24P+. The van der Waals surface area contributed by atoms with E-state index in [0.29, 0.717) is 5.66 Å². The summed E-state index contributed by atoms with van der Waals surface area (Å²) >= 11 is 0. The van der Waals surface area contributed by atoms with Crippen LogP contribution in [0.2, 0.25) is 0 Å². The molecule has 0 spiro atoms. The minimum absolute atomic E-state index is 0.380. The molecule has 0 aliphatic rings. The predicted molar refractivity (Wildman–Crippen MR) is 120 cm³/mol. The molecule has 0 saturated heterocycles. The summed E-state index contributed by atoms with van der Waals surface area (Å²) in [6.07, 6.45) is 0. The molecule has 132 valence electrons. The van der Waals surface area contributed by atoms with Crippen molar-refractivity contribution in [3.63, 3.8) is 0 Å². The third-order valence-electron chi connectivity index (χ3n) is 5.35. The maximum Gasteiger partial charge on any atom is 0.119 e. The lowest BCUT2D eigenvalue weighted by Gasteiger charge is -2.33. The highest BCUT2D eigenvalue weighted by atomic mass is 31.2. The van der Waals surface area contributed by atoms with Gasteiger partial charge in [0.15, 0.2) is 0 Å². The van der Waals surface area contributed by atoms with E-state index in [9.17, 15) is 0 Å². The smallest absolute Gasteiger partial charge is 0.0622 e. The largest absolute Gasteiger partial charge is 0.119 e. The maximum atomic E-state index is 2.40. The van der Waals surface area contributed by atoms with Crippen LogP contribution in [0.15, 0.2) is 121 Å². The van der Waals surface area contributed by atoms with Crippen molar-refractivity contribution >= 4 is 23.2 Å². The van der Waals surface area contributed by atoms with E-state index >= 15 is 0 Å². The van der Waals surface area contributed by atoms with Gasteiger partial charge in [0, 0.05) is 0 Å². The predicted octanol–water partition coefficient (Wildman–Crippen LogP) is 5.74. The zero-order valence-electron chi connectivity index (χ0n) is 15.6. The molecule has 0 aliphatic carbocycles. The van der Waals surface area contributed by atoms with Crippen molar-refractivity contribution in [1.82, 2.24) is 0 Å². The Kier molecular flexibility index (Phi) is 5.19. The molecule has 0 aromatic heterocycles. The molecule has 0 nitrogen and oxygen atoms in total. The van der Waals surface area contributed by atoms with Crippen molar-refractivity contribution in [2.24, 2.45) is 0 Å². The first-order valence-electron chi connectivity index (χ1n) is 9.44. The SMILES string of the molecule is CC(c1ccccc1)[P+](c1ccccc1)(c1ccccc1)c1ccccc1. The van der Waals surface area contributed by atoms with Gasteiger partial charge in [-0.25, -0.2) is 0 Å². The number of hydrogen-bond donors (Lipinski definition) is 0. The van der Waals surface area contributed by atoms with Crippen molar-refractivity contribution in [3.05, 3.63) is 127 Å². The molecule has 0 N–H and O–H groups in total. The summed E-state index contributed by atoms with van der Waals surface area (Å²) in [6.45, 7) is 2.40. The monoisotopic (exact) mass is 367 g/mol. The molecule has 0 aliphatic heterocycles. The van der Waals surface area contributed by atoms with E-state index < -0.39 is 7.26 Å². The van der Waals surface area contributed by atoms with Crippen LogP contribution in [-0.2, 0) is 0 Å². The van der Waals surface area contributed by atoms with Crippen LogP contribution >= 0.6 is 7.26 Å². The lowest BCUT2D eigenvalue weighted by Crippen LogP contribution is -2.34. The van der Waals surface area contributed by atoms with Crippen LogP contribution in [-0.4, -0.2) is 0 Å². The quantitative estimate of drug-likeness (QED) is 0.395. The summed E-state index contributed by atoms with van der Waals surface area (Å²) in [4.78, 5) is 0. The average Bonchev–Trinajstić information content (AvgIpc) is 2.77. The Labute approximate surface area is 162 Å². The van der Waals surface area contributed by atoms with Gasteiger partial charge in [-0.15, -0.1) is 0 Å². The molecule has 4 aromatic rings. The van der Waals surface area contributed by atoms with E-state index in [2.05, 4.69) is 128 Å². The molecule has 0 amide bonds. The van der Waals surface area contributed by atoms with Crippen LogP contribution in [0.3, 0.4) is 0 Å². The van der Waals surface area contributed by atoms with Crippen LogP contribution < -0.4 is 15.9 Å². The first-order chi connectivity index (χ1) is 13.3. The second-order valence-electron chi connectivity index (χ2n) is 6.82. The van der Waals surface area contributed by atoms with Gasteiger partial charge < -0.3 is 0 Å². The van der Waals surface area contributed by atoms with Gasteiger partial charge in [-0.1, -0.05) is 84.9 Å². The third kappa shape index (κ3) is 3.22. The Morgan fingerprint density at radius 1 is 0.444 bits per heavy atom. The summed E-state index contributed by atoms with van der Waals surface area (Å²) < 4.78 is 0. The Morgan fingerprint density at radius 2 is 0.741 bits per heavy atom. The molecule has 0 saturated carbocycles. The summed E-state index contributed by atoms with van der Waals surface area (Å²) in [7, 11) is -1.87. The normalized spacial score (nSPS) is 12.5. The molecule has 0 heterocycles. The molecular weight excluding hydrogens is 343 g/mol. The highest BCUT2D eigenvalue weighted by Crippen LogP contribution is 2.66. The Morgan fingerprint density at radius 3 is 1.07 bits per heavy atom. The van der Waals surface area contributed by atoms with Gasteiger partial charge in [-0.2, -0.15) is 0 Å². The molecule has 0 bridgehead atoms. The summed E-state index contributed by atoms with van der Waals surface area (Å²) in [5, 5.41) is 4.29. The van der Waals surface area contributed by atoms with Crippen LogP contribution in [0.4, 0.5) is 0 Å². The molecule has 4 aromatic carbocycles. The van der Waals surface area contributed by atoms with Gasteiger partial charge in [-0.05, 0) is 48.9 Å². The summed E-state index contributed by atoms with van der Waals surface area (Å²) in [6, 6.07) is 44.2. The topological polar surface area (TPSA) is 0 Å². The van der Waals surface area contributed by atoms with Crippen molar-refractivity contribution < 1.29 is 0 Å². The highest BCUT2D eigenvalue weighted by Gasteiger charge is 2.50. The zero-order chi connectivity index (χ0) is 18.5. The van der Waals surface area contributed by atoms with Crippen LogP contribution in [0.5, 0.6) is 0 Å². The van der Waals surface area contributed by atoms with Gasteiger partial charge in [0.05, 0.1) is 0 Å². The Bertz CT molecular complexity index is 867. The third-order valence-corrected chi connectivity index (χ3v) is 10.2. The second-order valence-corrected chi connectivity index (χ2v) is 10.6. The minimum atomic E-state index is -1.87. The fourth-order valence-electron chi connectivity index (χ4n) is 4.06. The Balaban J connectivity index is 2.07. The highest BCUT2D eigenvalue weighted by molar-refractivity contribution is 7.95. The molecule has 1 unspecified atom stereocenters. The van der Waals surface area contributed by atoms with E-state index in [-0.39, 0.29) is 0 Å². The maximum absolute atomic E-state index is 2.40. The van der Waals surface area contributed by atoms with Crippen molar-refractivity contribution in [3.8, 4) is 0 Å². The number of benzene rings is 4. The fourth-order valence-corrected chi connectivity index (χ4v) is 8.85. The van der Waals surface area contributed by atoms with E-state index in [4.69, 9.17) is 0 Å². The molecule has 1 heteroatoms. The lowest BCUT2D eigenvalue weighted by molar-refractivity contribution is 1.08. The Hall–Kier alpha value is -2.69. The van der Waals surface area contributed by atoms with E-state index in [1.807, 2.05) is 0 Å². The molecule has 4 rings (SSSR count). The van der Waals surface area contributed by atoms with Gasteiger partial charge in [0.2, 0.25) is 0 Å². The number of hydrogen-bond acceptors (Lipinski definition) is 0. The second kappa shape index (κ2) is 7.91. The molecule has 0 fully saturated rings. The van der Waals surface area contributed by atoms with Crippen LogP contribution in [0.25, 0.3) is 0 Å². The first kappa shape index (κ1) is 17.7. The molecule has 27 heavy (non-hydrogen) atoms.